The van der Waals surface area contributed by atoms with Crippen LogP contribution >= 0.6 is 0 Å². The van der Waals surface area contributed by atoms with Gasteiger partial charge in [0.2, 0.25) is 0 Å². The first-order valence-electron chi connectivity index (χ1n) is 7.14. The van der Waals surface area contributed by atoms with Crippen LogP contribution in [0.3, 0.4) is 0 Å². The van der Waals surface area contributed by atoms with Gasteiger partial charge >= 0.3 is 0 Å². The molecule has 0 aliphatic carbocycles. The Kier molecular flexibility index (Phi) is 5.03. The SMILES string of the molecule is CNC(CN1CCCC(C)(C)CC1)C(C)(C)C. The van der Waals surface area contributed by atoms with E-state index in [-0.39, 0.29) is 0 Å². The summed E-state index contributed by atoms with van der Waals surface area (Å²) in [5.74, 6) is 0. The van der Waals surface area contributed by atoms with Crippen molar-refractivity contribution in [2.75, 3.05) is 26.7 Å². The highest BCUT2D eigenvalue weighted by Gasteiger charge is 2.28. The van der Waals surface area contributed by atoms with Crippen molar-refractivity contribution in [2.45, 2.75) is 59.9 Å². The molecule has 0 bridgehead atoms. The lowest BCUT2D eigenvalue weighted by Crippen LogP contribution is -2.47. The lowest BCUT2D eigenvalue weighted by atomic mass is 9.85. The third-order valence-electron chi connectivity index (χ3n) is 4.27. The van der Waals surface area contributed by atoms with Gasteiger partial charge < -0.3 is 10.2 Å². The van der Waals surface area contributed by atoms with Crippen LogP contribution in [0.2, 0.25) is 0 Å². The first-order chi connectivity index (χ1) is 7.74. The lowest BCUT2D eigenvalue weighted by molar-refractivity contribution is 0.178. The van der Waals surface area contributed by atoms with Crippen LogP contribution in [-0.4, -0.2) is 37.6 Å². The first kappa shape index (κ1) is 15.0. The van der Waals surface area contributed by atoms with Crippen molar-refractivity contribution in [3.05, 3.63) is 0 Å². The molecule has 2 nitrogen and oxygen atoms in total. The maximum Gasteiger partial charge on any atom is 0.0240 e. The van der Waals surface area contributed by atoms with E-state index in [4.69, 9.17) is 0 Å². The lowest BCUT2D eigenvalue weighted by Gasteiger charge is -2.35. The number of likely N-dealkylation sites (N-methyl/N-ethyl adjacent to an activating group) is 1. The van der Waals surface area contributed by atoms with Crippen molar-refractivity contribution < 1.29 is 0 Å². The minimum absolute atomic E-state index is 0.344. The van der Waals surface area contributed by atoms with Crippen LogP contribution in [0.4, 0.5) is 0 Å². The van der Waals surface area contributed by atoms with E-state index in [1.807, 2.05) is 0 Å². The fourth-order valence-electron chi connectivity index (χ4n) is 2.72. The van der Waals surface area contributed by atoms with Gasteiger partial charge in [0.05, 0.1) is 0 Å². The van der Waals surface area contributed by atoms with E-state index < -0.39 is 0 Å². The van der Waals surface area contributed by atoms with Crippen LogP contribution in [0.5, 0.6) is 0 Å². The number of rotatable bonds is 3. The molecule has 0 spiro atoms. The molecule has 1 heterocycles. The van der Waals surface area contributed by atoms with Crippen LogP contribution in [0.15, 0.2) is 0 Å². The Labute approximate surface area is 108 Å². The number of hydrogen-bond donors (Lipinski definition) is 1. The van der Waals surface area contributed by atoms with Gasteiger partial charge in [0.25, 0.3) is 0 Å². The summed E-state index contributed by atoms with van der Waals surface area (Å²) < 4.78 is 0. The predicted octanol–water partition coefficient (Wildman–Crippen LogP) is 3.13. The molecule has 1 saturated heterocycles. The molecule has 0 aromatic carbocycles. The molecule has 102 valence electrons. The molecule has 17 heavy (non-hydrogen) atoms. The van der Waals surface area contributed by atoms with Crippen molar-refractivity contribution in [3.8, 4) is 0 Å². The van der Waals surface area contributed by atoms with Crippen molar-refractivity contribution in [1.82, 2.24) is 10.2 Å². The van der Waals surface area contributed by atoms with Gasteiger partial charge in [0, 0.05) is 12.6 Å². The molecular weight excluding hydrogens is 208 g/mol. The average molecular weight is 240 g/mol. The molecule has 0 aromatic rings. The smallest absolute Gasteiger partial charge is 0.0240 e. The number of nitrogens with one attached hydrogen (secondary N) is 1. The molecule has 1 fully saturated rings. The molecule has 1 rings (SSSR count). The zero-order valence-electron chi connectivity index (χ0n) is 12.8. The Balaban J connectivity index is 2.51. The van der Waals surface area contributed by atoms with Crippen molar-refractivity contribution in [2.24, 2.45) is 10.8 Å². The van der Waals surface area contributed by atoms with Crippen LogP contribution in [0.25, 0.3) is 0 Å². The fraction of sp³-hybridized carbons (Fsp3) is 1.00. The Morgan fingerprint density at radius 3 is 2.35 bits per heavy atom. The van der Waals surface area contributed by atoms with Crippen LogP contribution < -0.4 is 5.32 Å². The molecule has 0 aromatic heterocycles. The second-order valence-corrected chi connectivity index (χ2v) is 7.53. The Morgan fingerprint density at radius 2 is 1.82 bits per heavy atom. The van der Waals surface area contributed by atoms with Gasteiger partial charge in [-0.15, -0.1) is 0 Å². The molecule has 1 N–H and O–H groups in total. The number of likely N-dealkylation sites (tertiary alicyclic amines) is 1. The third-order valence-corrected chi connectivity index (χ3v) is 4.27. The number of hydrogen-bond acceptors (Lipinski definition) is 2. The topological polar surface area (TPSA) is 15.3 Å². The quantitative estimate of drug-likeness (QED) is 0.815. The normalized spacial score (nSPS) is 24.4. The Morgan fingerprint density at radius 1 is 1.18 bits per heavy atom. The highest BCUT2D eigenvalue weighted by Crippen LogP contribution is 2.30. The third kappa shape index (κ3) is 4.97. The standard InChI is InChI=1S/C15H32N2/c1-14(2,3)13(16-6)12-17-10-7-8-15(4,5)9-11-17/h13,16H,7-12H2,1-6H3. The van der Waals surface area contributed by atoms with E-state index in [1.165, 1.54) is 38.9 Å². The van der Waals surface area contributed by atoms with Gasteiger partial charge in [-0.1, -0.05) is 34.6 Å². The molecule has 0 amide bonds. The van der Waals surface area contributed by atoms with Crippen molar-refractivity contribution in [3.63, 3.8) is 0 Å². The summed E-state index contributed by atoms with van der Waals surface area (Å²) in [6.45, 7) is 15.5. The highest BCUT2D eigenvalue weighted by atomic mass is 15.1. The van der Waals surface area contributed by atoms with Gasteiger partial charge in [0.1, 0.15) is 0 Å². The summed E-state index contributed by atoms with van der Waals surface area (Å²) in [4.78, 5) is 2.65. The van der Waals surface area contributed by atoms with E-state index in [2.05, 4.69) is 51.9 Å². The van der Waals surface area contributed by atoms with Gasteiger partial charge in [-0.3, -0.25) is 0 Å². The molecule has 1 aliphatic heterocycles. The molecule has 1 aliphatic rings. The molecule has 2 heteroatoms. The summed E-state index contributed by atoms with van der Waals surface area (Å²) in [5, 5.41) is 3.49. The monoisotopic (exact) mass is 240 g/mol. The molecule has 1 unspecified atom stereocenters. The number of nitrogens with zero attached hydrogens (tertiary/aromatic N) is 1. The minimum atomic E-state index is 0.344. The van der Waals surface area contributed by atoms with Gasteiger partial charge in [-0.05, 0) is 50.2 Å². The fourth-order valence-corrected chi connectivity index (χ4v) is 2.72. The molecule has 0 saturated carbocycles. The highest BCUT2D eigenvalue weighted by molar-refractivity contribution is 4.84. The Bertz CT molecular complexity index is 228. The zero-order chi connectivity index (χ0) is 13.1. The van der Waals surface area contributed by atoms with E-state index in [0.29, 0.717) is 16.9 Å². The minimum Gasteiger partial charge on any atom is -0.315 e. The summed E-state index contributed by atoms with van der Waals surface area (Å²) in [5.41, 5.74) is 0.891. The van der Waals surface area contributed by atoms with E-state index >= 15 is 0 Å². The van der Waals surface area contributed by atoms with E-state index in [9.17, 15) is 0 Å². The average Bonchev–Trinajstić information content (AvgIpc) is 2.34. The first-order valence-corrected chi connectivity index (χ1v) is 7.14. The van der Waals surface area contributed by atoms with Gasteiger partial charge in [-0.2, -0.15) is 0 Å². The van der Waals surface area contributed by atoms with E-state index in [1.54, 1.807) is 0 Å². The predicted molar refractivity (Wildman–Crippen MR) is 76.4 cm³/mol. The Hall–Kier alpha value is -0.0800. The van der Waals surface area contributed by atoms with Crippen LogP contribution in [0, 0.1) is 10.8 Å². The van der Waals surface area contributed by atoms with Gasteiger partial charge in [0.15, 0.2) is 0 Å². The zero-order valence-corrected chi connectivity index (χ0v) is 12.8. The molecular formula is C15H32N2. The largest absolute Gasteiger partial charge is 0.315 e. The van der Waals surface area contributed by atoms with Gasteiger partial charge in [-0.25, -0.2) is 0 Å². The van der Waals surface area contributed by atoms with Crippen LogP contribution in [-0.2, 0) is 0 Å². The van der Waals surface area contributed by atoms with Crippen molar-refractivity contribution in [1.29, 1.82) is 0 Å². The summed E-state index contributed by atoms with van der Waals surface area (Å²) in [6, 6.07) is 0.587. The second-order valence-electron chi connectivity index (χ2n) is 7.53. The van der Waals surface area contributed by atoms with E-state index in [0.717, 1.165) is 0 Å². The second kappa shape index (κ2) is 5.71. The molecule has 1 atom stereocenters. The summed E-state index contributed by atoms with van der Waals surface area (Å²) in [7, 11) is 2.09. The maximum absolute atomic E-state index is 3.49. The molecule has 0 radical (unpaired) electrons. The summed E-state index contributed by atoms with van der Waals surface area (Å²) >= 11 is 0. The van der Waals surface area contributed by atoms with Crippen LogP contribution in [0.1, 0.15) is 53.9 Å². The van der Waals surface area contributed by atoms with Crippen molar-refractivity contribution >= 4 is 0 Å². The maximum atomic E-state index is 3.49. The summed E-state index contributed by atoms with van der Waals surface area (Å²) in [6.07, 6.45) is 4.07.